The average Bonchev–Trinajstić information content (AvgIpc) is 2.39. The molecule has 0 saturated carbocycles. The average molecular weight is 272 g/mol. The fraction of sp³-hybridized carbons (Fsp3) is 0.231. The maximum Gasteiger partial charge on any atom is 0.397 e. The summed E-state index contributed by atoms with van der Waals surface area (Å²) in [6, 6.07) is 8.71. The second-order valence-corrected chi connectivity index (χ2v) is 3.74. The summed E-state index contributed by atoms with van der Waals surface area (Å²) in [6.45, 7) is 10.6. The van der Waals surface area contributed by atoms with Crippen LogP contribution in [0.2, 0.25) is 0 Å². The molecule has 0 amide bonds. The molecule has 4 nitrogen and oxygen atoms in total. The van der Waals surface area contributed by atoms with Crippen molar-refractivity contribution in [2.75, 3.05) is 0 Å². The highest BCUT2D eigenvalue weighted by atomic mass is 32.3. The lowest BCUT2D eigenvalue weighted by molar-refractivity contribution is 0.259. The number of rotatable bonds is 4. The molecule has 0 radical (unpaired) electrons. The number of benzene rings is 1. The molecule has 1 aromatic carbocycles. The highest BCUT2D eigenvalue weighted by Crippen LogP contribution is 2.01. The molecule has 0 fully saturated rings. The van der Waals surface area contributed by atoms with Crippen molar-refractivity contribution in [2.24, 2.45) is 0 Å². The summed E-state index contributed by atoms with van der Waals surface area (Å²) in [5.41, 5.74) is 0.690. The highest BCUT2D eigenvalue weighted by Gasteiger charge is 2.03. The molecular weight excluding hydrogens is 252 g/mol. The Kier molecular flexibility index (Phi) is 12.7. The smallest absolute Gasteiger partial charge is 0.264 e. The van der Waals surface area contributed by atoms with Crippen LogP contribution < -0.4 is 0 Å². The second kappa shape index (κ2) is 12.0. The van der Waals surface area contributed by atoms with Gasteiger partial charge in [0.15, 0.2) is 0 Å². The van der Waals surface area contributed by atoms with Gasteiger partial charge in [-0.3, -0.25) is 4.55 Å². The van der Waals surface area contributed by atoms with E-state index in [1.165, 1.54) is 0 Å². The molecule has 0 aliphatic carbocycles. The van der Waals surface area contributed by atoms with E-state index in [1.807, 2.05) is 13.8 Å². The Bertz CT molecular complexity index is 404. The summed E-state index contributed by atoms with van der Waals surface area (Å²) in [6.07, 6.45) is 3.28. The Morgan fingerprint density at radius 2 is 1.61 bits per heavy atom. The standard InChI is InChI=1S/C7H8O4S.C4H6.C2H6/c8-12(9,10)11-6-7-4-2-1-3-5-7;1-3-4-2;1-2/h1-5H,6H2,(H,8,9,10);3-4H,1-2H2;1-2H3. The topological polar surface area (TPSA) is 63.6 Å². The van der Waals surface area contributed by atoms with E-state index in [9.17, 15) is 8.42 Å². The van der Waals surface area contributed by atoms with Crippen molar-refractivity contribution in [3.05, 3.63) is 61.2 Å². The minimum Gasteiger partial charge on any atom is -0.264 e. The van der Waals surface area contributed by atoms with Gasteiger partial charge in [0.05, 0.1) is 6.61 Å². The van der Waals surface area contributed by atoms with Gasteiger partial charge >= 0.3 is 10.4 Å². The first-order chi connectivity index (χ1) is 8.49. The van der Waals surface area contributed by atoms with Crippen LogP contribution in [-0.4, -0.2) is 13.0 Å². The third-order valence-electron chi connectivity index (χ3n) is 1.38. The summed E-state index contributed by atoms with van der Waals surface area (Å²) in [7, 11) is -4.32. The van der Waals surface area contributed by atoms with Gasteiger partial charge in [-0.25, -0.2) is 4.18 Å². The number of hydrogen-bond donors (Lipinski definition) is 1. The lowest BCUT2D eigenvalue weighted by Crippen LogP contribution is -2.03. The Labute approximate surface area is 110 Å². The van der Waals surface area contributed by atoms with Crippen LogP contribution in [0.5, 0.6) is 0 Å². The van der Waals surface area contributed by atoms with Crippen molar-refractivity contribution in [1.82, 2.24) is 0 Å². The van der Waals surface area contributed by atoms with Crippen LogP contribution in [-0.2, 0) is 21.2 Å². The van der Waals surface area contributed by atoms with Gasteiger partial charge in [0.2, 0.25) is 0 Å². The van der Waals surface area contributed by atoms with Crippen molar-refractivity contribution in [2.45, 2.75) is 20.5 Å². The monoisotopic (exact) mass is 272 g/mol. The molecule has 0 saturated heterocycles. The van der Waals surface area contributed by atoms with Crippen LogP contribution in [0, 0.1) is 0 Å². The molecule has 1 rings (SSSR count). The Morgan fingerprint density at radius 3 is 1.94 bits per heavy atom. The molecule has 0 aliphatic rings. The molecule has 0 atom stereocenters. The first-order valence-electron chi connectivity index (χ1n) is 5.39. The van der Waals surface area contributed by atoms with E-state index >= 15 is 0 Å². The van der Waals surface area contributed by atoms with E-state index in [4.69, 9.17) is 4.55 Å². The molecule has 0 heterocycles. The van der Waals surface area contributed by atoms with Gasteiger partial charge in [-0.2, -0.15) is 8.42 Å². The van der Waals surface area contributed by atoms with Gasteiger partial charge in [-0.1, -0.05) is 69.5 Å². The molecule has 0 unspecified atom stereocenters. The largest absolute Gasteiger partial charge is 0.397 e. The quantitative estimate of drug-likeness (QED) is 0.674. The predicted octanol–water partition coefficient (Wildman–Crippen LogP) is 3.39. The SMILES string of the molecule is C=CC=C.CC.O=S(=O)(O)OCc1ccccc1. The lowest BCUT2D eigenvalue weighted by atomic mass is 10.2. The third kappa shape index (κ3) is 14.6. The van der Waals surface area contributed by atoms with E-state index in [0.717, 1.165) is 0 Å². The summed E-state index contributed by atoms with van der Waals surface area (Å²) in [4.78, 5) is 0. The molecular formula is C13H20O4S. The minimum atomic E-state index is -4.32. The van der Waals surface area contributed by atoms with Gasteiger partial charge in [0.1, 0.15) is 0 Å². The molecule has 0 spiro atoms. The van der Waals surface area contributed by atoms with Gasteiger partial charge < -0.3 is 0 Å². The summed E-state index contributed by atoms with van der Waals surface area (Å²) in [5, 5.41) is 0. The van der Waals surface area contributed by atoms with E-state index in [-0.39, 0.29) is 6.61 Å². The van der Waals surface area contributed by atoms with Crippen molar-refractivity contribution in [3.8, 4) is 0 Å². The van der Waals surface area contributed by atoms with Gasteiger partial charge in [0.25, 0.3) is 0 Å². The zero-order valence-electron chi connectivity index (χ0n) is 10.7. The fourth-order valence-corrected chi connectivity index (χ4v) is 1.00. The van der Waals surface area contributed by atoms with Crippen molar-refractivity contribution in [3.63, 3.8) is 0 Å². The summed E-state index contributed by atoms with van der Waals surface area (Å²) in [5.74, 6) is 0. The molecule has 0 aliphatic heterocycles. The van der Waals surface area contributed by atoms with Gasteiger partial charge in [0, 0.05) is 0 Å². The zero-order chi connectivity index (χ0) is 14.4. The van der Waals surface area contributed by atoms with E-state index in [1.54, 1.807) is 42.5 Å². The van der Waals surface area contributed by atoms with Crippen LogP contribution >= 0.6 is 0 Å². The Morgan fingerprint density at radius 1 is 1.17 bits per heavy atom. The molecule has 0 bridgehead atoms. The third-order valence-corrected chi connectivity index (χ3v) is 1.80. The van der Waals surface area contributed by atoms with E-state index in [0.29, 0.717) is 5.56 Å². The second-order valence-electron chi connectivity index (χ2n) is 2.65. The molecule has 1 aromatic rings. The molecule has 102 valence electrons. The fourth-order valence-electron chi connectivity index (χ4n) is 0.717. The summed E-state index contributed by atoms with van der Waals surface area (Å²) >= 11 is 0. The van der Waals surface area contributed by atoms with Gasteiger partial charge in [-0.05, 0) is 5.56 Å². The first-order valence-corrected chi connectivity index (χ1v) is 6.75. The predicted molar refractivity (Wildman–Crippen MR) is 74.5 cm³/mol. The van der Waals surface area contributed by atoms with E-state index < -0.39 is 10.4 Å². The van der Waals surface area contributed by atoms with Crippen LogP contribution in [0.3, 0.4) is 0 Å². The maximum absolute atomic E-state index is 10.1. The first kappa shape index (κ1) is 18.9. The molecule has 1 N–H and O–H groups in total. The maximum atomic E-state index is 10.1. The number of hydrogen-bond acceptors (Lipinski definition) is 3. The lowest BCUT2D eigenvalue weighted by Gasteiger charge is -1.98. The van der Waals surface area contributed by atoms with Crippen LogP contribution in [0.25, 0.3) is 0 Å². The minimum absolute atomic E-state index is 0.139. The van der Waals surface area contributed by atoms with Crippen molar-refractivity contribution < 1.29 is 17.2 Å². The highest BCUT2D eigenvalue weighted by molar-refractivity contribution is 7.80. The summed E-state index contributed by atoms with van der Waals surface area (Å²) < 4.78 is 32.6. The number of allylic oxidation sites excluding steroid dienone is 2. The zero-order valence-corrected chi connectivity index (χ0v) is 11.6. The molecule has 0 aromatic heterocycles. The van der Waals surface area contributed by atoms with Crippen molar-refractivity contribution in [1.29, 1.82) is 0 Å². The van der Waals surface area contributed by atoms with Gasteiger partial charge in [-0.15, -0.1) is 0 Å². The van der Waals surface area contributed by atoms with Crippen molar-refractivity contribution >= 4 is 10.4 Å². The Balaban J connectivity index is 0. The van der Waals surface area contributed by atoms with Crippen LogP contribution in [0.15, 0.2) is 55.6 Å². The Hall–Kier alpha value is -1.43. The molecule has 18 heavy (non-hydrogen) atoms. The normalized spacial score (nSPS) is 9.06. The van der Waals surface area contributed by atoms with Crippen LogP contribution in [0.4, 0.5) is 0 Å². The van der Waals surface area contributed by atoms with E-state index in [2.05, 4.69) is 17.3 Å². The van der Waals surface area contributed by atoms with Crippen LogP contribution in [0.1, 0.15) is 19.4 Å². The molecule has 5 heteroatoms.